The average Bonchev–Trinajstić information content (AvgIpc) is 2.32. The van der Waals surface area contributed by atoms with Gasteiger partial charge in [0.2, 0.25) is 0 Å². The van der Waals surface area contributed by atoms with E-state index < -0.39 is 0 Å². The van der Waals surface area contributed by atoms with Crippen LogP contribution in [0.3, 0.4) is 0 Å². The van der Waals surface area contributed by atoms with Crippen molar-refractivity contribution in [2.45, 2.75) is 13.0 Å². The normalized spacial score (nSPS) is 12.2. The first-order valence-electron chi connectivity index (χ1n) is 5.55. The first-order valence-corrected chi connectivity index (χ1v) is 6.34. The van der Waals surface area contributed by atoms with Crippen molar-refractivity contribution in [2.75, 3.05) is 0 Å². The number of rotatable bonds is 3. The van der Waals surface area contributed by atoms with Crippen LogP contribution in [0, 0.1) is 5.82 Å². The van der Waals surface area contributed by atoms with Gasteiger partial charge in [0.05, 0.1) is 0 Å². The number of hydrogen-bond donors (Lipinski definition) is 1. The molecule has 0 aliphatic heterocycles. The smallest absolute Gasteiger partial charge is 0.165 e. The fraction of sp³-hybridized carbons (Fsp3) is 0.143. The van der Waals surface area contributed by atoms with Gasteiger partial charge in [0, 0.05) is 10.5 Å². The van der Waals surface area contributed by atoms with Gasteiger partial charge >= 0.3 is 0 Å². The summed E-state index contributed by atoms with van der Waals surface area (Å²) >= 11 is 3.43. The minimum Gasteiger partial charge on any atom is -0.454 e. The van der Waals surface area contributed by atoms with Crippen LogP contribution in [0.25, 0.3) is 0 Å². The molecule has 18 heavy (non-hydrogen) atoms. The number of ether oxygens (including phenoxy) is 1. The van der Waals surface area contributed by atoms with Crippen LogP contribution in [0.1, 0.15) is 18.5 Å². The molecule has 0 unspecified atom stereocenters. The Bertz CT molecular complexity index is 557. The maximum absolute atomic E-state index is 13.4. The predicted molar refractivity (Wildman–Crippen MR) is 73.2 cm³/mol. The number of para-hydroxylation sites is 1. The molecule has 0 spiro atoms. The van der Waals surface area contributed by atoms with Crippen molar-refractivity contribution in [3.05, 3.63) is 58.3 Å². The number of halogens is 2. The van der Waals surface area contributed by atoms with Gasteiger partial charge in [-0.25, -0.2) is 4.39 Å². The SMILES string of the molecule is C[C@@H](N)c1ccc(Oc2ccccc2F)cc1Br. The lowest BCUT2D eigenvalue weighted by Gasteiger charge is -2.11. The lowest BCUT2D eigenvalue weighted by molar-refractivity contribution is 0.442. The largest absolute Gasteiger partial charge is 0.454 e. The van der Waals surface area contributed by atoms with E-state index in [0.29, 0.717) is 5.75 Å². The van der Waals surface area contributed by atoms with Crippen molar-refractivity contribution in [2.24, 2.45) is 5.73 Å². The van der Waals surface area contributed by atoms with E-state index in [-0.39, 0.29) is 17.6 Å². The van der Waals surface area contributed by atoms with E-state index in [1.807, 2.05) is 13.0 Å². The summed E-state index contributed by atoms with van der Waals surface area (Å²) in [6.45, 7) is 1.90. The van der Waals surface area contributed by atoms with Crippen LogP contribution in [-0.4, -0.2) is 0 Å². The molecule has 0 saturated carbocycles. The Morgan fingerprint density at radius 3 is 2.56 bits per heavy atom. The standard InChI is InChI=1S/C14H13BrFNO/c1-9(17)11-7-6-10(8-12(11)15)18-14-5-3-2-4-13(14)16/h2-9H,17H2,1H3/t9-/m1/s1. The van der Waals surface area contributed by atoms with Crippen LogP contribution in [0.2, 0.25) is 0 Å². The quantitative estimate of drug-likeness (QED) is 0.912. The Labute approximate surface area is 114 Å². The highest BCUT2D eigenvalue weighted by atomic mass is 79.9. The van der Waals surface area contributed by atoms with E-state index in [1.165, 1.54) is 6.07 Å². The Morgan fingerprint density at radius 2 is 1.94 bits per heavy atom. The zero-order chi connectivity index (χ0) is 13.1. The van der Waals surface area contributed by atoms with Gasteiger partial charge in [-0.1, -0.05) is 34.1 Å². The lowest BCUT2D eigenvalue weighted by atomic mass is 10.1. The molecule has 0 aliphatic carbocycles. The predicted octanol–water partition coefficient (Wildman–Crippen LogP) is 4.40. The third-order valence-electron chi connectivity index (χ3n) is 2.53. The van der Waals surface area contributed by atoms with Gasteiger partial charge < -0.3 is 10.5 Å². The Hall–Kier alpha value is -1.39. The Kier molecular flexibility index (Phi) is 3.99. The topological polar surface area (TPSA) is 35.2 Å². The molecule has 0 amide bonds. The van der Waals surface area contributed by atoms with Crippen LogP contribution in [0.4, 0.5) is 4.39 Å². The van der Waals surface area contributed by atoms with Crippen molar-refractivity contribution in [1.29, 1.82) is 0 Å². The van der Waals surface area contributed by atoms with Gasteiger partial charge in [-0.3, -0.25) is 0 Å². The first kappa shape index (κ1) is 13.1. The van der Waals surface area contributed by atoms with Crippen LogP contribution in [0.15, 0.2) is 46.9 Å². The average molecular weight is 310 g/mol. The highest BCUT2D eigenvalue weighted by Crippen LogP contribution is 2.30. The summed E-state index contributed by atoms with van der Waals surface area (Å²) in [6.07, 6.45) is 0. The van der Waals surface area contributed by atoms with E-state index in [2.05, 4.69) is 15.9 Å². The van der Waals surface area contributed by atoms with Crippen molar-refractivity contribution < 1.29 is 9.13 Å². The number of hydrogen-bond acceptors (Lipinski definition) is 2. The second kappa shape index (κ2) is 5.50. The summed E-state index contributed by atoms with van der Waals surface area (Å²) in [5.74, 6) is 0.388. The maximum atomic E-state index is 13.4. The molecule has 0 bridgehead atoms. The molecule has 2 N–H and O–H groups in total. The van der Waals surface area contributed by atoms with Crippen molar-refractivity contribution in [3.8, 4) is 11.5 Å². The van der Waals surface area contributed by atoms with Crippen LogP contribution in [-0.2, 0) is 0 Å². The number of nitrogens with two attached hydrogens (primary N) is 1. The van der Waals surface area contributed by atoms with E-state index in [4.69, 9.17) is 10.5 Å². The summed E-state index contributed by atoms with van der Waals surface area (Å²) < 4.78 is 19.8. The molecule has 94 valence electrons. The highest BCUT2D eigenvalue weighted by Gasteiger charge is 2.08. The third kappa shape index (κ3) is 2.89. The summed E-state index contributed by atoms with van der Waals surface area (Å²) in [4.78, 5) is 0. The zero-order valence-corrected chi connectivity index (χ0v) is 11.4. The fourth-order valence-corrected chi connectivity index (χ4v) is 2.31. The highest BCUT2D eigenvalue weighted by molar-refractivity contribution is 9.10. The molecule has 2 aromatic rings. The van der Waals surface area contributed by atoms with Crippen molar-refractivity contribution >= 4 is 15.9 Å². The van der Waals surface area contributed by atoms with Gasteiger partial charge in [0.1, 0.15) is 5.75 Å². The molecular weight excluding hydrogens is 297 g/mol. The first-order chi connectivity index (χ1) is 8.58. The molecule has 0 aliphatic rings. The van der Waals surface area contributed by atoms with Gasteiger partial charge in [0.25, 0.3) is 0 Å². The second-order valence-corrected chi connectivity index (χ2v) is 4.86. The molecule has 0 aromatic heterocycles. The second-order valence-electron chi connectivity index (χ2n) is 4.00. The van der Waals surface area contributed by atoms with Crippen molar-refractivity contribution in [1.82, 2.24) is 0 Å². The van der Waals surface area contributed by atoms with E-state index >= 15 is 0 Å². The van der Waals surface area contributed by atoms with Gasteiger partial charge in [0.15, 0.2) is 11.6 Å². The molecule has 2 nitrogen and oxygen atoms in total. The zero-order valence-electron chi connectivity index (χ0n) is 9.86. The van der Waals surface area contributed by atoms with E-state index in [1.54, 1.807) is 30.3 Å². The monoisotopic (exact) mass is 309 g/mol. The minimum absolute atomic E-state index is 0.0677. The molecule has 1 atom stereocenters. The summed E-state index contributed by atoms with van der Waals surface area (Å²) in [6, 6.07) is 11.7. The molecule has 0 saturated heterocycles. The van der Waals surface area contributed by atoms with Crippen molar-refractivity contribution in [3.63, 3.8) is 0 Å². The van der Waals surface area contributed by atoms with Gasteiger partial charge in [-0.15, -0.1) is 0 Å². The molecule has 0 fully saturated rings. The molecule has 0 radical (unpaired) electrons. The van der Waals surface area contributed by atoms with E-state index in [0.717, 1.165) is 10.0 Å². The molecule has 2 aromatic carbocycles. The van der Waals surface area contributed by atoms with Crippen LogP contribution < -0.4 is 10.5 Å². The number of benzene rings is 2. The Balaban J connectivity index is 2.26. The van der Waals surface area contributed by atoms with Gasteiger partial charge in [-0.05, 0) is 36.8 Å². The molecule has 2 rings (SSSR count). The van der Waals surface area contributed by atoms with Crippen LogP contribution >= 0.6 is 15.9 Å². The Morgan fingerprint density at radius 1 is 1.22 bits per heavy atom. The summed E-state index contributed by atoms with van der Waals surface area (Å²) in [7, 11) is 0. The minimum atomic E-state index is -0.384. The lowest BCUT2D eigenvalue weighted by Crippen LogP contribution is -2.05. The van der Waals surface area contributed by atoms with Gasteiger partial charge in [-0.2, -0.15) is 0 Å². The molecule has 0 heterocycles. The molecule has 4 heteroatoms. The van der Waals surface area contributed by atoms with Crippen LogP contribution in [0.5, 0.6) is 11.5 Å². The fourth-order valence-electron chi connectivity index (χ4n) is 1.60. The van der Waals surface area contributed by atoms with E-state index in [9.17, 15) is 4.39 Å². The summed E-state index contributed by atoms with van der Waals surface area (Å²) in [5, 5.41) is 0. The third-order valence-corrected chi connectivity index (χ3v) is 3.21. The maximum Gasteiger partial charge on any atom is 0.165 e. The molecular formula is C14H13BrFNO. The summed E-state index contributed by atoms with van der Waals surface area (Å²) in [5.41, 5.74) is 6.79.